The van der Waals surface area contributed by atoms with Crippen LogP contribution in [-0.4, -0.2) is 30.7 Å². The average Bonchev–Trinajstić information content (AvgIpc) is 2.96. The van der Waals surface area contributed by atoms with Gasteiger partial charge < -0.3 is 14.7 Å². The van der Waals surface area contributed by atoms with Crippen LogP contribution in [0.1, 0.15) is 58.8 Å². The first-order valence-corrected chi connectivity index (χ1v) is 7.67. The van der Waals surface area contributed by atoms with E-state index in [0.717, 1.165) is 19.4 Å². The fourth-order valence-corrected chi connectivity index (χ4v) is 2.05. The molecule has 1 rings (SSSR count). The van der Waals surface area contributed by atoms with Gasteiger partial charge in [0.25, 0.3) is 6.41 Å². The van der Waals surface area contributed by atoms with Gasteiger partial charge >= 0.3 is 5.97 Å². The maximum absolute atomic E-state index is 11.7. The number of hydrogen-bond donors (Lipinski definition) is 2. The predicted molar refractivity (Wildman–Crippen MR) is 78.6 cm³/mol. The van der Waals surface area contributed by atoms with Gasteiger partial charge in [0, 0.05) is 6.54 Å². The highest BCUT2D eigenvalue weighted by atomic mass is 16.7. The summed E-state index contributed by atoms with van der Waals surface area (Å²) in [6.45, 7) is 5.52. The van der Waals surface area contributed by atoms with Crippen LogP contribution in [0.4, 0.5) is 0 Å². The standard InChI is InChI=1S/C14H27NO3.HNO2/c1-3-4-5-6-7-8-9-12(2)13(16)18-14-15-10-11-17-14;2-1-3/h12,14-15H,3-11H2,1-2H3;(H,2,3). The molecule has 1 saturated heterocycles. The molecule has 0 aliphatic carbocycles. The van der Waals surface area contributed by atoms with Gasteiger partial charge in [-0.25, -0.2) is 0 Å². The van der Waals surface area contributed by atoms with Crippen molar-refractivity contribution in [1.82, 2.24) is 5.32 Å². The molecular weight excluding hydrogens is 276 g/mol. The zero-order valence-corrected chi connectivity index (χ0v) is 13.0. The molecule has 0 aromatic carbocycles. The van der Waals surface area contributed by atoms with Gasteiger partial charge in [0.1, 0.15) is 0 Å². The Kier molecular flexibility index (Phi) is 13.0. The molecular formula is C14H28N2O5. The fraction of sp³-hybridized carbons (Fsp3) is 0.929. The Morgan fingerprint density at radius 3 is 2.57 bits per heavy atom. The molecule has 0 aromatic rings. The number of esters is 1. The molecule has 124 valence electrons. The number of carbonyl (C=O) groups excluding carboxylic acids is 1. The maximum Gasteiger partial charge on any atom is 0.311 e. The van der Waals surface area contributed by atoms with Crippen LogP contribution in [0.3, 0.4) is 0 Å². The molecule has 1 heterocycles. The average molecular weight is 304 g/mol. The molecule has 1 aliphatic rings. The zero-order valence-electron chi connectivity index (χ0n) is 13.0. The van der Waals surface area contributed by atoms with E-state index in [1.54, 1.807) is 0 Å². The van der Waals surface area contributed by atoms with Gasteiger partial charge in [-0.1, -0.05) is 52.4 Å². The second-order valence-corrected chi connectivity index (χ2v) is 5.13. The Balaban J connectivity index is 0.00000122. The first-order valence-electron chi connectivity index (χ1n) is 7.67. The second-order valence-electron chi connectivity index (χ2n) is 5.13. The van der Waals surface area contributed by atoms with Crippen LogP contribution in [0.15, 0.2) is 5.34 Å². The Hall–Kier alpha value is -1.21. The first kappa shape index (κ1) is 19.8. The van der Waals surface area contributed by atoms with Gasteiger partial charge in [-0.15, -0.1) is 4.91 Å². The molecule has 1 fully saturated rings. The molecule has 0 bridgehead atoms. The number of ether oxygens (including phenoxy) is 2. The van der Waals surface area contributed by atoms with Crippen molar-refractivity contribution in [2.75, 3.05) is 13.2 Å². The molecule has 0 saturated carbocycles. The van der Waals surface area contributed by atoms with Crippen LogP contribution < -0.4 is 5.32 Å². The Labute approximate surface area is 126 Å². The van der Waals surface area contributed by atoms with Crippen LogP contribution in [0.25, 0.3) is 0 Å². The zero-order chi connectivity index (χ0) is 15.9. The fourth-order valence-electron chi connectivity index (χ4n) is 2.05. The SMILES string of the molecule is CCCCCCCCC(C)C(=O)OC1NCCO1.O=NO. The molecule has 21 heavy (non-hydrogen) atoms. The summed E-state index contributed by atoms with van der Waals surface area (Å²) in [5, 5.41) is 10.9. The predicted octanol–water partition coefficient (Wildman–Crippen LogP) is 2.96. The lowest BCUT2D eigenvalue weighted by Gasteiger charge is -2.15. The Bertz CT molecular complexity index is 270. The summed E-state index contributed by atoms with van der Waals surface area (Å²) < 4.78 is 10.4. The number of nitrogens with zero attached hydrogens (tertiary/aromatic N) is 1. The smallest absolute Gasteiger partial charge is 0.311 e. The summed E-state index contributed by atoms with van der Waals surface area (Å²) in [5.74, 6) is -0.176. The van der Waals surface area contributed by atoms with Crippen molar-refractivity contribution in [2.24, 2.45) is 11.3 Å². The van der Waals surface area contributed by atoms with Crippen molar-refractivity contribution in [3.05, 3.63) is 4.91 Å². The van der Waals surface area contributed by atoms with E-state index in [9.17, 15) is 4.79 Å². The summed E-state index contributed by atoms with van der Waals surface area (Å²) in [4.78, 5) is 19.8. The highest BCUT2D eigenvalue weighted by Crippen LogP contribution is 2.14. The maximum atomic E-state index is 11.7. The molecule has 0 spiro atoms. The van der Waals surface area contributed by atoms with E-state index < -0.39 is 6.41 Å². The lowest BCUT2D eigenvalue weighted by Crippen LogP contribution is -2.31. The lowest BCUT2D eigenvalue weighted by molar-refractivity contribution is -0.177. The molecule has 7 nitrogen and oxygen atoms in total. The van der Waals surface area contributed by atoms with Gasteiger partial charge in [-0.2, -0.15) is 0 Å². The van der Waals surface area contributed by atoms with Crippen LogP contribution in [0.5, 0.6) is 0 Å². The summed E-state index contributed by atoms with van der Waals surface area (Å²) in [7, 11) is 0. The first-order chi connectivity index (χ1) is 10.2. The molecule has 0 radical (unpaired) electrons. The molecule has 2 unspecified atom stereocenters. The van der Waals surface area contributed by atoms with Gasteiger partial charge in [0.2, 0.25) is 0 Å². The van der Waals surface area contributed by atoms with Crippen LogP contribution in [0.2, 0.25) is 0 Å². The molecule has 1 aliphatic heterocycles. The van der Waals surface area contributed by atoms with E-state index in [0.29, 0.717) is 6.61 Å². The van der Waals surface area contributed by atoms with Crippen LogP contribution in [0, 0.1) is 10.8 Å². The topological polar surface area (TPSA) is 97.2 Å². The van der Waals surface area contributed by atoms with E-state index >= 15 is 0 Å². The van der Waals surface area contributed by atoms with Crippen molar-refractivity contribution in [3.8, 4) is 0 Å². The Morgan fingerprint density at radius 1 is 1.38 bits per heavy atom. The lowest BCUT2D eigenvalue weighted by atomic mass is 10.0. The molecule has 7 heteroatoms. The van der Waals surface area contributed by atoms with Gasteiger partial charge in [0.05, 0.1) is 12.5 Å². The highest BCUT2D eigenvalue weighted by molar-refractivity contribution is 5.72. The minimum Gasteiger partial charge on any atom is -0.421 e. The molecule has 2 N–H and O–H groups in total. The largest absolute Gasteiger partial charge is 0.421 e. The number of hydrogen-bond acceptors (Lipinski definition) is 6. The third-order valence-electron chi connectivity index (χ3n) is 3.30. The third kappa shape index (κ3) is 11.2. The molecule has 0 amide bonds. The summed E-state index contributed by atoms with van der Waals surface area (Å²) >= 11 is 0. The summed E-state index contributed by atoms with van der Waals surface area (Å²) in [5.41, 5.74) is 0. The van der Waals surface area contributed by atoms with Crippen molar-refractivity contribution in [2.45, 2.75) is 65.2 Å². The number of nitrogens with one attached hydrogen (secondary N) is 1. The van der Waals surface area contributed by atoms with Gasteiger partial charge in [-0.05, 0) is 6.42 Å². The van der Waals surface area contributed by atoms with E-state index in [1.165, 1.54) is 37.4 Å². The van der Waals surface area contributed by atoms with Crippen molar-refractivity contribution >= 4 is 5.97 Å². The number of rotatable bonds is 9. The van der Waals surface area contributed by atoms with Crippen LogP contribution in [-0.2, 0) is 14.3 Å². The van der Waals surface area contributed by atoms with E-state index in [2.05, 4.69) is 12.2 Å². The van der Waals surface area contributed by atoms with Crippen molar-refractivity contribution in [3.63, 3.8) is 0 Å². The molecule has 0 aromatic heterocycles. The molecule has 2 atom stereocenters. The normalized spacial score (nSPS) is 18.5. The number of unbranched alkanes of at least 4 members (excludes halogenated alkanes) is 5. The summed E-state index contributed by atoms with van der Waals surface area (Å²) in [6.07, 6.45) is 7.91. The minimum atomic E-state index is -0.524. The summed E-state index contributed by atoms with van der Waals surface area (Å²) in [6, 6.07) is 0. The highest BCUT2D eigenvalue weighted by Gasteiger charge is 2.22. The van der Waals surface area contributed by atoms with E-state index in [4.69, 9.17) is 19.6 Å². The quantitative estimate of drug-likeness (QED) is 0.294. The van der Waals surface area contributed by atoms with Crippen molar-refractivity contribution < 1.29 is 19.5 Å². The van der Waals surface area contributed by atoms with E-state index in [1.807, 2.05) is 6.92 Å². The number of carbonyl (C=O) groups is 1. The van der Waals surface area contributed by atoms with Crippen molar-refractivity contribution in [1.29, 1.82) is 0 Å². The Morgan fingerprint density at radius 2 is 2.00 bits per heavy atom. The van der Waals surface area contributed by atoms with Gasteiger partial charge in [-0.3, -0.25) is 10.1 Å². The third-order valence-corrected chi connectivity index (χ3v) is 3.30. The van der Waals surface area contributed by atoms with Crippen LogP contribution >= 0.6 is 0 Å². The van der Waals surface area contributed by atoms with Gasteiger partial charge in [0.15, 0.2) is 5.34 Å². The second kappa shape index (κ2) is 13.8. The monoisotopic (exact) mass is 304 g/mol. The minimum absolute atomic E-state index is 0.0258. The van der Waals surface area contributed by atoms with E-state index in [-0.39, 0.29) is 11.9 Å².